The van der Waals surface area contributed by atoms with Crippen molar-refractivity contribution in [3.63, 3.8) is 0 Å². The van der Waals surface area contributed by atoms with Gasteiger partial charge in [0, 0.05) is 12.1 Å². The van der Waals surface area contributed by atoms with Crippen LogP contribution in [-0.2, 0) is 14.3 Å². The van der Waals surface area contributed by atoms with E-state index < -0.39 is 11.7 Å². The summed E-state index contributed by atoms with van der Waals surface area (Å²) in [5.41, 5.74) is 0.520. The van der Waals surface area contributed by atoms with Crippen LogP contribution in [0.15, 0.2) is 11.6 Å². The monoisotopic (exact) mass is 269 g/mol. The fourth-order valence-corrected chi connectivity index (χ4v) is 1.96. The van der Waals surface area contributed by atoms with Crippen LogP contribution in [0.5, 0.6) is 0 Å². The Morgan fingerprint density at radius 3 is 2.68 bits per heavy atom. The first-order valence-electron chi connectivity index (χ1n) is 6.66. The number of carbonyl (C=O) groups excluding carboxylic acids is 2. The largest absolute Gasteiger partial charge is 0.463 e. The first kappa shape index (κ1) is 15.5. The highest BCUT2D eigenvalue weighted by Crippen LogP contribution is 2.25. The van der Waals surface area contributed by atoms with E-state index in [0.29, 0.717) is 13.0 Å². The number of rotatable bonds is 3. The summed E-state index contributed by atoms with van der Waals surface area (Å²) in [7, 11) is 0. The van der Waals surface area contributed by atoms with Gasteiger partial charge in [-0.25, -0.2) is 9.59 Å². The Hall–Kier alpha value is -1.52. The molecule has 0 saturated heterocycles. The molecule has 1 unspecified atom stereocenters. The molecule has 1 N–H and O–H groups in total. The lowest BCUT2D eigenvalue weighted by Crippen LogP contribution is -2.37. The lowest BCUT2D eigenvalue weighted by Gasteiger charge is -2.21. The van der Waals surface area contributed by atoms with E-state index in [1.807, 2.05) is 20.8 Å². The Bertz CT molecular complexity index is 368. The number of esters is 1. The van der Waals surface area contributed by atoms with Crippen molar-refractivity contribution in [1.29, 1.82) is 0 Å². The van der Waals surface area contributed by atoms with Crippen LogP contribution >= 0.6 is 0 Å². The second kappa shape index (κ2) is 6.59. The van der Waals surface area contributed by atoms with Crippen LogP contribution in [0.25, 0.3) is 0 Å². The zero-order chi connectivity index (χ0) is 14.5. The van der Waals surface area contributed by atoms with Crippen LogP contribution in [0, 0.1) is 0 Å². The molecule has 0 aromatic rings. The molecule has 1 amide bonds. The fraction of sp³-hybridized carbons (Fsp3) is 0.714. The zero-order valence-electron chi connectivity index (χ0n) is 12.1. The van der Waals surface area contributed by atoms with Gasteiger partial charge in [-0.3, -0.25) is 0 Å². The molecular formula is C14H23NO4. The number of amides is 1. The first-order valence-corrected chi connectivity index (χ1v) is 6.66. The minimum absolute atomic E-state index is 0.0375. The smallest absolute Gasteiger partial charge is 0.407 e. The molecule has 1 rings (SSSR count). The maximum absolute atomic E-state index is 11.6. The van der Waals surface area contributed by atoms with Crippen LogP contribution < -0.4 is 5.32 Å². The molecular weight excluding hydrogens is 246 g/mol. The van der Waals surface area contributed by atoms with Gasteiger partial charge in [-0.15, -0.1) is 0 Å². The normalized spacial score (nSPS) is 21.3. The highest BCUT2D eigenvalue weighted by atomic mass is 16.6. The van der Waals surface area contributed by atoms with Crippen molar-refractivity contribution in [2.24, 2.45) is 0 Å². The lowest BCUT2D eigenvalue weighted by molar-refractivity contribution is -0.137. The summed E-state index contributed by atoms with van der Waals surface area (Å²) in [6, 6.07) is 0.0375. The van der Waals surface area contributed by atoms with Crippen LogP contribution in [0.2, 0.25) is 0 Å². The molecule has 0 aromatic carbocycles. The van der Waals surface area contributed by atoms with E-state index in [0.717, 1.165) is 18.4 Å². The minimum Gasteiger partial charge on any atom is -0.463 e. The Morgan fingerprint density at radius 2 is 2.11 bits per heavy atom. The quantitative estimate of drug-likeness (QED) is 0.631. The van der Waals surface area contributed by atoms with Crippen LogP contribution in [-0.4, -0.2) is 30.3 Å². The highest BCUT2D eigenvalue weighted by molar-refractivity contribution is 5.82. The number of alkyl carbamates (subject to hydrolysis) is 1. The molecule has 0 radical (unpaired) electrons. The molecule has 0 heterocycles. The second-order valence-electron chi connectivity index (χ2n) is 5.64. The number of ether oxygens (including phenoxy) is 2. The Balaban J connectivity index is 2.40. The minimum atomic E-state index is -0.494. The summed E-state index contributed by atoms with van der Waals surface area (Å²) in [4.78, 5) is 22.9. The molecule has 108 valence electrons. The summed E-state index contributed by atoms with van der Waals surface area (Å²) < 4.78 is 10.1. The van der Waals surface area contributed by atoms with Gasteiger partial charge in [0.2, 0.25) is 0 Å². The number of nitrogens with one attached hydrogen (secondary N) is 1. The topological polar surface area (TPSA) is 64.6 Å². The van der Waals surface area contributed by atoms with Crippen LogP contribution in [0.4, 0.5) is 4.79 Å². The van der Waals surface area contributed by atoms with Gasteiger partial charge in [0.1, 0.15) is 5.60 Å². The van der Waals surface area contributed by atoms with Gasteiger partial charge in [0.05, 0.1) is 6.61 Å². The number of hydrogen-bond acceptors (Lipinski definition) is 4. The number of carbonyl (C=O) groups is 2. The summed E-state index contributed by atoms with van der Waals surface area (Å²) in [5, 5.41) is 2.82. The molecule has 19 heavy (non-hydrogen) atoms. The third-order valence-electron chi connectivity index (χ3n) is 2.65. The standard InChI is InChI=1S/C14H23NO4/c1-5-18-12(16)9-10-6-7-11(8-10)15-13(17)19-14(2,3)4/h9,11H,5-8H2,1-4H3,(H,15,17)/b10-9-. The van der Waals surface area contributed by atoms with Gasteiger partial charge in [-0.1, -0.05) is 5.57 Å². The van der Waals surface area contributed by atoms with Gasteiger partial charge in [0.15, 0.2) is 0 Å². The maximum Gasteiger partial charge on any atom is 0.407 e. The first-order chi connectivity index (χ1) is 8.80. The van der Waals surface area contributed by atoms with Crippen molar-refractivity contribution in [2.45, 2.75) is 58.6 Å². The molecule has 0 aliphatic heterocycles. The summed E-state index contributed by atoms with van der Waals surface area (Å²) in [6.07, 6.45) is 3.43. The van der Waals surface area contributed by atoms with Crippen molar-refractivity contribution in [3.05, 3.63) is 11.6 Å². The molecule has 1 saturated carbocycles. The molecule has 1 atom stereocenters. The van der Waals surface area contributed by atoms with E-state index in [-0.39, 0.29) is 12.0 Å². The predicted molar refractivity (Wildman–Crippen MR) is 71.7 cm³/mol. The average Bonchev–Trinajstić information content (AvgIpc) is 2.62. The van der Waals surface area contributed by atoms with Crippen molar-refractivity contribution in [1.82, 2.24) is 5.32 Å². The van der Waals surface area contributed by atoms with E-state index in [2.05, 4.69) is 5.32 Å². The predicted octanol–water partition coefficient (Wildman–Crippen LogP) is 2.55. The van der Waals surface area contributed by atoms with E-state index in [1.54, 1.807) is 6.92 Å². The summed E-state index contributed by atoms with van der Waals surface area (Å²) >= 11 is 0. The van der Waals surface area contributed by atoms with Crippen molar-refractivity contribution >= 4 is 12.1 Å². The molecule has 0 spiro atoms. The summed E-state index contributed by atoms with van der Waals surface area (Å²) in [6.45, 7) is 7.63. The highest BCUT2D eigenvalue weighted by Gasteiger charge is 2.24. The van der Waals surface area contributed by atoms with Gasteiger partial charge < -0.3 is 14.8 Å². The van der Waals surface area contributed by atoms with E-state index >= 15 is 0 Å². The molecule has 1 aliphatic rings. The van der Waals surface area contributed by atoms with E-state index in [1.165, 1.54) is 6.08 Å². The average molecular weight is 269 g/mol. The zero-order valence-corrected chi connectivity index (χ0v) is 12.1. The van der Waals surface area contributed by atoms with Gasteiger partial charge >= 0.3 is 12.1 Å². The molecule has 1 fully saturated rings. The third-order valence-corrected chi connectivity index (χ3v) is 2.65. The van der Waals surface area contributed by atoms with Gasteiger partial charge in [-0.2, -0.15) is 0 Å². The lowest BCUT2D eigenvalue weighted by atomic mass is 10.2. The van der Waals surface area contributed by atoms with E-state index in [9.17, 15) is 9.59 Å². The maximum atomic E-state index is 11.6. The van der Waals surface area contributed by atoms with Crippen molar-refractivity contribution in [2.75, 3.05) is 6.61 Å². The van der Waals surface area contributed by atoms with Crippen LogP contribution in [0.3, 0.4) is 0 Å². The second-order valence-corrected chi connectivity index (χ2v) is 5.64. The SMILES string of the molecule is CCOC(=O)/C=C1/CCC(NC(=O)OC(C)(C)C)C1. The van der Waals surface area contributed by atoms with Crippen molar-refractivity contribution < 1.29 is 19.1 Å². The molecule has 5 heteroatoms. The molecule has 5 nitrogen and oxygen atoms in total. The number of hydrogen-bond donors (Lipinski definition) is 1. The Labute approximate surface area is 114 Å². The van der Waals surface area contributed by atoms with Gasteiger partial charge in [-0.05, 0) is 47.0 Å². The van der Waals surface area contributed by atoms with Crippen molar-refractivity contribution in [3.8, 4) is 0 Å². The Morgan fingerprint density at radius 1 is 1.42 bits per heavy atom. The summed E-state index contributed by atoms with van der Waals surface area (Å²) in [5.74, 6) is -0.310. The Kier molecular flexibility index (Phi) is 5.39. The fourth-order valence-electron chi connectivity index (χ4n) is 1.96. The molecule has 1 aliphatic carbocycles. The van der Waals surface area contributed by atoms with E-state index in [4.69, 9.17) is 9.47 Å². The third kappa shape index (κ3) is 6.27. The van der Waals surface area contributed by atoms with Crippen LogP contribution in [0.1, 0.15) is 47.0 Å². The molecule has 0 bridgehead atoms. The molecule has 0 aromatic heterocycles. The van der Waals surface area contributed by atoms with Gasteiger partial charge in [0.25, 0.3) is 0 Å².